The first-order valence-electron chi connectivity index (χ1n) is 8.94. The van der Waals surface area contributed by atoms with Crippen molar-refractivity contribution in [1.29, 1.82) is 0 Å². The van der Waals surface area contributed by atoms with Gasteiger partial charge in [0.05, 0.1) is 12.3 Å². The lowest BCUT2D eigenvalue weighted by atomic mass is 10.1. The Morgan fingerprint density at radius 3 is 2.30 bits per heavy atom. The smallest absolute Gasteiger partial charge is 0.311 e. The Hall–Kier alpha value is -1.42. The second kappa shape index (κ2) is 12.1. The molecule has 0 fully saturated rings. The fraction of sp³-hybridized carbons (Fsp3) is 0.684. The molecule has 1 heterocycles. The highest BCUT2D eigenvalue weighted by Crippen LogP contribution is 2.18. The third-order valence-electron chi connectivity index (χ3n) is 3.99. The van der Waals surface area contributed by atoms with Gasteiger partial charge in [0.15, 0.2) is 5.75 Å². The molecule has 0 aliphatic heterocycles. The number of carbonyl (C=O) groups excluding carboxylic acids is 1. The first-order valence-corrected chi connectivity index (χ1v) is 8.94. The van der Waals surface area contributed by atoms with Crippen molar-refractivity contribution in [1.82, 2.24) is 4.98 Å². The van der Waals surface area contributed by atoms with Crippen LogP contribution in [0.4, 0.5) is 0 Å². The van der Waals surface area contributed by atoms with Gasteiger partial charge in [-0.15, -0.1) is 0 Å². The SMILES string of the molecule is CCCCCCCCCCCC(=O)Oc1cc(CO)cnc1C. The largest absolute Gasteiger partial charge is 0.425 e. The van der Waals surface area contributed by atoms with Gasteiger partial charge in [0.1, 0.15) is 0 Å². The average Bonchev–Trinajstić information content (AvgIpc) is 2.55. The number of aryl methyl sites for hydroxylation is 1. The number of aromatic nitrogens is 1. The van der Waals surface area contributed by atoms with Gasteiger partial charge in [0, 0.05) is 12.6 Å². The molecule has 0 unspecified atom stereocenters. The number of pyridine rings is 1. The fourth-order valence-corrected chi connectivity index (χ4v) is 2.50. The number of esters is 1. The van der Waals surface area contributed by atoms with E-state index in [1.807, 2.05) is 0 Å². The van der Waals surface area contributed by atoms with E-state index in [2.05, 4.69) is 11.9 Å². The van der Waals surface area contributed by atoms with Crippen LogP contribution in [0.25, 0.3) is 0 Å². The first-order chi connectivity index (χ1) is 11.2. The van der Waals surface area contributed by atoms with Crippen molar-refractivity contribution in [3.05, 3.63) is 23.5 Å². The summed E-state index contributed by atoms with van der Waals surface area (Å²) in [6.07, 6.45) is 13.1. The highest BCUT2D eigenvalue weighted by Gasteiger charge is 2.09. The molecule has 0 saturated carbocycles. The highest BCUT2D eigenvalue weighted by atomic mass is 16.5. The van der Waals surface area contributed by atoms with Gasteiger partial charge in [0.2, 0.25) is 0 Å². The van der Waals surface area contributed by atoms with Crippen LogP contribution >= 0.6 is 0 Å². The predicted molar refractivity (Wildman–Crippen MR) is 92.4 cm³/mol. The Balaban J connectivity index is 2.13. The summed E-state index contributed by atoms with van der Waals surface area (Å²) < 4.78 is 5.35. The van der Waals surface area contributed by atoms with Gasteiger partial charge in [-0.25, -0.2) is 0 Å². The molecule has 1 N–H and O–H groups in total. The van der Waals surface area contributed by atoms with Crippen molar-refractivity contribution in [3.8, 4) is 5.75 Å². The van der Waals surface area contributed by atoms with E-state index in [9.17, 15) is 4.79 Å². The lowest BCUT2D eigenvalue weighted by Crippen LogP contribution is -2.09. The minimum Gasteiger partial charge on any atom is -0.425 e. The van der Waals surface area contributed by atoms with Gasteiger partial charge < -0.3 is 9.84 Å². The molecular formula is C19H31NO3. The normalized spacial score (nSPS) is 10.7. The summed E-state index contributed by atoms with van der Waals surface area (Å²) >= 11 is 0. The number of aliphatic hydroxyl groups is 1. The Morgan fingerprint density at radius 1 is 1.09 bits per heavy atom. The molecule has 0 radical (unpaired) electrons. The second-order valence-corrected chi connectivity index (χ2v) is 6.14. The van der Waals surface area contributed by atoms with E-state index in [-0.39, 0.29) is 12.6 Å². The number of carbonyl (C=O) groups is 1. The highest BCUT2D eigenvalue weighted by molar-refractivity contribution is 5.72. The zero-order chi connectivity index (χ0) is 16.9. The van der Waals surface area contributed by atoms with Gasteiger partial charge in [-0.1, -0.05) is 58.3 Å². The molecule has 0 amide bonds. The Morgan fingerprint density at radius 2 is 1.70 bits per heavy atom. The van der Waals surface area contributed by atoms with Gasteiger partial charge in [-0.3, -0.25) is 9.78 Å². The molecular weight excluding hydrogens is 290 g/mol. The standard InChI is InChI=1S/C19H31NO3/c1-3-4-5-6-7-8-9-10-11-12-19(22)23-18-13-17(15-21)14-20-16(18)2/h13-14,21H,3-12,15H2,1-2H3. The maximum absolute atomic E-state index is 11.9. The number of hydrogen-bond acceptors (Lipinski definition) is 4. The molecule has 0 aromatic carbocycles. The minimum absolute atomic E-state index is 0.101. The number of ether oxygens (including phenoxy) is 1. The fourth-order valence-electron chi connectivity index (χ4n) is 2.50. The summed E-state index contributed by atoms with van der Waals surface area (Å²) in [6, 6.07) is 1.68. The number of hydrogen-bond donors (Lipinski definition) is 1. The molecule has 23 heavy (non-hydrogen) atoms. The molecule has 0 spiro atoms. The van der Waals surface area contributed by atoms with E-state index < -0.39 is 0 Å². The van der Waals surface area contributed by atoms with Crippen LogP contribution in [-0.2, 0) is 11.4 Å². The summed E-state index contributed by atoms with van der Waals surface area (Å²) in [7, 11) is 0. The molecule has 4 heteroatoms. The van der Waals surface area contributed by atoms with E-state index in [1.54, 1.807) is 19.2 Å². The monoisotopic (exact) mass is 321 g/mol. The van der Waals surface area contributed by atoms with Crippen LogP contribution in [0, 0.1) is 6.92 Å². The van der Waals surface area contributed by atoms with Crippen molar-refractivity contribution >= 4 is 5.97 Å². The van der Waals surface area contributed by atoms with Crippen molar-refractivity contribution in [2.24, 2.45) is 0 Å². The Kier molecular flexibility index (Phi) is 10.3. The molecule has 1 aromatic heterocycles. The molecule has 1 rings (SSSR count). The quantitative estimate of drug-likeness (QED) is 0.447. The second-order valence-electron chi connectivity index (χ2n) is 6.14. The summed E-state index contributed by atoms with van der Waals surface area (Å²) in [6.45, 7) is 3.93. The van der Waals surface area contributed by atoms with Crippen LogP contribution in [0.3, 0.4) is 0 Å². The van der Waals surface area contributed by atoms with E-state index in [0.29, 0.717) is 23.4 Å². The van der Waals surface area contributed by atoms with E-state index in [1.165, 1.54) is 44.9 Å². The minimum atomic E-state index is -0.215. The molecule has 0 atom stereocenters. The number of nitrogens with zero attached hydrogens (tertiary/aromatic N) is 1. The molecule has 1 aromatic rings. The number of unbranched alkanes of at least 4 members (excludes halogenated alkanes) is 8. The molecule has 0 aliphatic rings. The molecule has 0 aliphatic carbocycles. The Labute approximate surface area is 140 Å². The molecule has 4 nitrogen and oxygen atoms in total. The van der Waals surface area contributed by atoms with Gasteiger partial charge >= 0.3 is 5.97 Å². The zero-order valence-electron chi connectivity index (χ0n) is 14.6. The van der Waals surface area contributed by atoms with Crippen molar-refractivity contribution in [2.75, 3.05) is 0 Å². The topological polar surface area (TPSA) is 59.4 Å². The van der Waals surface area contributed by atoms with Crippen LogP contribution < -0.4 is 4.74 Å². The van der Waals surface area contributed by atoms with Gasteiger partial charge in [-0.05, 0) is 25.0 Å². The van der Waals surface area contributed by atoms with Crippen molar-refractivity contribution in [2.45, 2.75) is 84.7 Å². The van der Waals surface area contributed by atoms with E-state index in [0.717, 1.165) is 12.8 Å². The van der Waals surface area contributed by atoms with Crippen LogP contribution in [0.15, 0.2) is 12.3 Å². The zero-order valence-corrected chi connectivity index (χ0v) is 14.6. The molecule has 0 bridgehead atoms. The lowest BCUT2D eigenvalue weighted by molar-refractivity contribution is -0.134. The van der Waals surface area contributed by atoms with Gasteiger partial charge in [-0.2, -0.15) is 0 Å². The summed E-state index contributed by atoms with van der Waals surface area (Å²) in [5, 5.41) is 9.10. The van der Waals surface area contributed by atoms with E-state index >= 15 is 0 Å². The van der Waals surface area contributed by atoms with Crippen LogP contribution in [0.1, 0.15) is 82.4 Å². The maximum Gasteiger partial charge on any atom is 0.311 e. The average molecular weight is 321 g/mol. The Bertz CT molecular complexity index is 460. The van der Waals surface area contributed by atoms with Crippen LogP contribution in [-0.4, -0.2) is 16.1 Å². The van der Waals surface area contributed by atoms with Crippen molar-refractivity contribution in [3.63, 3.8) is 0 Å². The third kappa shape index (κ3) is 8.70. The summed E-state index contributed by atoms with van der Waals surface area (Å²) in [4.78, 5) is 16.0. The number of rotatable bonds is 12. The van der Waals surface area contributed by atoms with Crippen molar-refractivity contribution < 1.29 is 14.6 Å². The van der Waals surface area contributed by atoms with Crippen LogP contribution in [0.5, 0.6) is 5.75 Å². The van der Waals surface area contributed by atoms with E-state index in [4.69, 9.17) is 9.84 Å². The third-order valence-corrected chi connectivity index (χ3v) is 3.99. The van der Waals surface area contributed by atoms with Crippen LogP contribution in [0.2, 0.25) is 0 Å². The first kappa shape index (κ1) is 19.6. The number of aliphatic hydroxyl groups excluding tert-OH is 1. The predicted octanol–water partition coefficient (Wildman–Crippen LogP) is 4.71. The molecule has 0 saturated heterocycles. The summed E-state index contributed by atoms with van der Waals surface area (Å²) in [5.41, 5.74) is 1.32. The maximum atomic E-state index is 11.9. The molecule has 130 valence electrons. The lowest BCUT2D eigenvalue weighted by Gasteiger charge is -2.08. The van der Waals surface area contributed by atoms with Gasteiger partial charge in [0.25, 0.3) is 0 Å². The summed E-state index contributed by atoms with van der Waals surface area (Å²) in [5.74, 6) is 0.241.